The molecular weight excluding hydrogens is 691 g/mol. The predicted molar refractivity (Wildman–Crippen MR) is 226 cm³/mol. The summed E-state index contributed by atoms with van der Waals surface area (Å²) in [4.78, 5) is 36.7. The zero-order chi connectivity index (χ0) is 40.7. The number of likely N-dealkylation sites (N-methyl/N-ethyl adjacent to an activating group) is 1. The number of hydrogen-bond donors (Lipinski definition) is 0. The molecule has 0 aromatic carbocycles. The Morgan fingerprint density at radius 3 is 1.56 bits per heavy atom. The van der Waals surface area contributed by atoms with Crippen LogP contribution in [0, 0.1) is 0 Å². The number of aliphatic carboxylic acids is 1. The summed E-state index contributed by atoms with van der Waals surface area (Å²) in [5.74, 6) is -1.89. The molecule has 0 aliphatic carbocycles. The fourth-order valence-electron chi connectivity index (χ4n) is 4.95. The maximum absolute atomic E-state index is 12.6. The molecule has 55 heavy (non-hydrogen) atoms. The number of nitrogens with zero attached hydrogens (tertiary/aromatic N) is 1. The smallest absolute Gasteiger partial charge is 0.306 e. The normalized spacial score (nSPS) is 14.3. The second kappa shape index (κ2) is 36.7. The van der Waals surface area contributed by atoms with Crippen LogP contribution in [-0.2, 0) is 28.6 Å². The summed E-state index contributed by atoms with van der Waals surface area (Å²) in [7, 11) is 5.35. The number of ether oxygens (including phenoxy) is 3. The highest BCUT2D eigenvalue weighted by Crippen LogP contribution is 2.11. The molecule has 2 unspecified atom stereocenters. The Morgan fingerprint density at radius 1 is 0.564 bits per heavy atom. The first kappa shape index (κ1) is 50.7. The molecule has 0 aromatic rings. The van der Waals surface area contributed by atoms with Gasteiger partial charge in [0.05, 0.1) is 40.3 Å². The van der Waals surface area contributed by atoms with E-state index in [2.05, 4.69) is 44.2 Å². The molecule has 0 aromatic heterocycles. The minimum Gasteiger partial charge on any atom is -0.544 e. The summed E-state index contributed by atoms with van der Waals surface area (Å²) in [6.45, 7) is 4.27. The van der Waals surface area contributed by atoms with E-state index in [1.165, 1.54) is 6.42 Å². The quantitative estimate of drug-likeness (QED) is 0.0284. The van der Waals surface area contributed by atoms with E-state index in [1.54, 1.807) is 21.1 Å². The van der Waals surface area contributed by atoms with Gasteiger partial charge in [0.2, 0.25) is 0 Å². The van der Waals surface area contributed by atoms with Gasteiger partial charge in [-0.15, -0.1) is 0 Å². The molecule has 0 aliphatic heterocycles. The van der Waals surface area contributed by atoms with Gasteiger partial charge < -0.3 is 28.6 Å². The third kappa shape index (κ3) is 35.2. The van der Waals surface area contributed by atoms with Gasteiger partial charge in [-0.2, -0.15) is 0 Å². The lowest BCUT2D eigenvalue weighted by Gasteiger charge is -2.34. The summed E-state index contributed by atoms with van der Waals surface area (Å²) in [5, 5.41) is 11.6. The van der Waals surface area contributed by atoms with Gasteiger partial charge in [0, 0.05) is 19.3 Å². The second-order valence-electron chi connectivity index (χ2n) is 14.0. The van der Waals surface area contributed by atoms with Crippen LogP contribution >= 0.6 is 0 Å². The van der Waals surface area contributed by atoms with E-state index < -0.39 is 24.1 Å². The minimum atomic E-state index is -1.15. The van der Waals surface area contributed by atoms with Crippen molar-refractivity contribution in [2.75, 3.05) is 41.0 Å². The van der Waals surface area contributed by atoms with Gasteiger partial charge in [0.1, 0.15) is 12.6 Å². The molecule has 8 heteroatoms. The summed E-state index contributed by atoms with van der Waals surface area (Å²) < 4.78 is 17.0. The molecule has 0 rings (SSSR count). The summed E-state index contributed by atoms with van der Waals surface area (Å²) in [6, 6.07) is -0.750. The Kier molecular flexibility index (Phi) is 33.8. The predicted octanol–water partition coefficient (Wildman–Crippen LogP) is 9.35. The van der Waals surface area contributed by atoms with Crippen molar-refractivity contribution >= 4 is 17.9 Å². The van der Waals surface area contributed by atoms with Gasteiger partial charge in [-0.25, -0.2) is 0 Å². The molecule has 2 atom stereocenters. The van der Waals surface area contributed by atoms with Crippen LogP contribution < -0.4 is 5.11 Å². The lowest BCUT2D eigenvalue weighted by atomic mass is 10.1. The molecule has 0 amide bonds. The van der Waals surface area contributed by atoms with Gasteiger partial charge in [-0.05, 0) is 44.9 Å². The fraction of sp³-hybridized carbons (Fsp3) is 0.511. The van der Waals surface area contributed by atoms with Crippen LogP contribution in [0.4, 0.5) is 0 Å². The standard InChI is InChI=1S/C47H71NO7/c1-6-8-10-12-14-16-18-20-21-22-23-24-26-27-29-31-33-35-37-45(49)54-42-43(41-53-40-39-44(47(51)52)48(3,4)5)55-46(50)38-36-34-32-30-28-25-19-17-15-13-11-9-7-2/h9-25,28,30,32,43-44H,6-8,26-27,29,31,33-42H2,1-5H3/b11-9+,12-10+,15-13+,16-14+,19-17+,20-18+,22-21+,24-23+,28-25+,32-30+. The molecule has 0 aliphatic rings. The summed E-state index contributed by atoms with van der Waals surface area (Å²) >= 11 is 0. The average Bonchev–Trinajstić information content (AvgIpc) is 3.14. The number of quaternary nitrogens is 1. The van der Waals surface area contributed by atoms with Crippen LogP contribution in [0.15, 0.2) is 122 Å². The van der Waals surface area contributed by atoms with Crippen LogP contribution in [0.2, 0.25) is 0 Å². The average molecular weight is 762 g/mol. The zero-order valence-electron chi connectivity index (χ0n) is 34.5. The van der Waals surface area contributed by atoms with Crippen molar-refractivity contribution in [3.05, 3.63) is 122 Å². The Morgan fingerprint density at radius 2 is 1.04 bits per heavy atom. The Bertz CT molecular complexity index is 1300. The first-order valence-corrected chi connectivity index (χ1v) is 20.2. The molecule has 8 nitrogen and oxygen atoms in total. The van der Waals surface area contributed by atoms with Gasteiger partial charge in [0.25, 0.3) is 0 Å². The molecule has 0 saturated carbocycles. The van der Waals surface area contributed by atoms with E-state index in [0.29, 0.717) is 19.3 Å². The van der Waals surface area contributed by atoms with Gasteiger partial charge in [0.15, 0.2) is 6.10 Å². The van der Waals surface area contributed by atoms with Crippen molar-refractivity contribution in [3.8, 4) is 0 Å². The van der Waals surface area contributed by atoms with E-state index in [1.807, 2.05) is 91.1 Å². The SMILES string of the molecule is CC/C=C/C=C/C=C/C=C/C=C/CCCC(=O)OC(COCCC(C(=O)[O-])[N+](C)(C)C)COC(=O)CCCCCCC/C=C/C=C/C=C/C=C/C=C/CCC. The highest BCUT2D eigenvalue weighted by atomic mass is 16.6. The molecule has 0 N–H and O–H groups in total. The van der Waals surface area contributed by atoms with Crippen molar-refractivity contribution in [1.29, 1.82) is 0 Å². The van der Waals surface area contributed by atoms with Gasteiger partial charge in [-0.1, -0.05) is 161 Å². The first-order chi connectivity index (χ1) is 26.6. The topological polar surface area (TPSA) is 102 Å². The number of hydrogen-bond acceptors (Lipinski definition) is 7. The maximum Gasteiger partial charge on any atom is 0.306 e. The number of carbonyl (C=O) groups is 3. The van der Waals surface area contributed by atoms with E-state index in [-0.39, 0.29) is 43.1 Å². The maximum atomic E-state index is 12.6. The number of rotatable bonds is 33. The molecule has 0 radical (unpaired) electrons. The number of carbonyl (C=O) groups excluding carboxylic acids is 3. The molecular formula is C47H71NO7. The zero-order valence-corrected chi connectivity index (χ0v) is 34.5. The highest BCUT2D eigenvalue weighted by molar-refractivity contribution is 5.70. The van der Waals surface area contributed by atoms with Crippen LogP contribution in [0.5, 0.6) is 0 Å². The third-order valence-corrected chi connectivity index (χ3v) is 8.07. The van der Waals surface area contributed by atoms with E-state index in [0.717, 1.165) is 51.4 Å². The molecule has 0 spiro atoms. The largest absolute Gasteiger partial charge is 0.544 e. The third-order valence-electron chi connectivity index (χ3n) is 8.07. The van der Waals surface area contributed by atoms with Crippen molar-refractivity contribution in [2.45, 2.75) is 116 Å². The first-order valence-electron chi connectivity index (χ1n) is 20.2. The van der Waals surface area contributed by atoms with Gasteiger partial charge >= 0.3 is 11.9 Å². The summed E-state index contributed by atoms with van der Waals surface area (Å²) in [5.41, 5.74) is 0. The van der Waals surface area contributed by atoms with E-state index in [9.17, 15) is 19.5 Å². The van der Waals surface area contributed by atoms with Crippen LogP contribution in [0.25, 0.3) is 0 Å². The Labute approximate surface area is 333 Å². The number of carboxylic acids is 1. The second-order valence-corrected chi connectivity index (χ2v) is 14.0. The lowest BCUT2D eigenvalue weighted by Crippen LogP contribution is -2.55. The van der Waals surface area contributed by atoms with Crippen molar-refractivity contribution < 1.29 is 38.2 Å². The van der Waals surface area contributed by atoms with Crippen molar-refractivity contribution in [3.63, 3.8) is 0 Å². The number of allylic oxidation sites excluding steroid dienone is 20. The molecule has 0 saturated heterocycles. The Balaban J connectivity index is 4.58. The van der Waals surface area contributed by atoms with Crippen molar-refractivity contribution in [2.24, 2.45) is 0 Å². The van der Waals surface area contributed by atoms with Crippen molar-refractivity contribution in [1.82, 2.24) is 0 Å². The van der Waals surface area contributed by atoms with Gasteiger partial charge in [-0.3, -0.25) is 9.59 Å². The lowest BCUT2D eigenvalue weighted by molar-refractivity contribution is -0.889. The fourth-order valence-corrected chi connectivity index (χ4v) is 4.95. The van der Waals surface area contributed by atoms with E-state index >= 15 is 0 Å². The summed E-state index contributed by atoms with van der Waals surface area (Å²) in [6.07, 6.45) is 50.9. The highest BCUT2D eigenvalue weighted by Gasteiger charge is 2.25. The van der Waals surface area contributed by atoms with E-state index in [4.69, 9.17) is 14.2 Å². The van der Waals surface area contributed by atoms with Crippen LogP contribution in [0.1, 0.15) is 104 Å². The molecule has 0 bridgehead atoms. The number of esters is 2. The Hall–Kier alpha value is -4.27. The number of unbranched alkanes of at least 4 members (excludes halogenated alkanes) is 7. The van der Waals surface area contributed by atoms with Crippen LogP contribution in [0.3, 0.4) is 0 Å². The number of carboxylic acid groups (broad SMARTS) is 1. The monoisotopic (exact) mass is 762 g/mol. The molecule has 306 valence electrons. The molecule has 0 heterocycles. The minimum absolute atomic E-state index is 0.00643. The van der Waals surface area contributed by atoms with Crippen LogP contribution in [-0.4, -0.2) is 75.5 Å². The molecule has 0 fully saturated rings.